The van der Waals surface area contributed by atoms with E-state index >= 15 is 0 Å². The zero-order chi connectivity index (χ0) is 14.7. The maximum Gasteiger partial charge on any atom is 0.221 e. The molecule has 1 aromatic heterocycles. The number of nitrogens with one attached hydrogen (secondary N) is 1. The molecule has 0 atom stereocenters. The fraction of sp³-hybridized carbons (Fsp3) is 0.375. The molecule has 0 spiro atoms. The van der Waals surface area contributed by atoms with Gasteiger partial charge in [0, 0.05) is 5.69 Å². The predicted octanol–water partition coefficient (Wildman–Crippen LogP) is 3.72. The highest BCUT2D eigenvalue weighted by molar-refractivity contribution is 5.62. The first-order chi connectivity index (χ1) is 9.53. The summed E-state index contributed by atoms with van der Waals surface area (Å²) in [4.78, 5) is 8.83. The number of nitrogens with zero attached hydrogens (tertiary/aromatic N) is 2. The molecule has 1 aromatic carbocycles. The van der Waals surface area contributed by atoms with Gasteiger partial charge in [0.05, 0.1) is 12.7 Å². The minimum absolute atomic E-state index is 0.645. The number of benzene rings is 1. The predicted molar refractivity (Wildman–Crippen MR) is 81.9 cm³/mol. The summed E-state index contributed by atoms with van der Waals surface area (Å²) in [6, 6.07) is 6.37. The molecule has 0 fully saturated rings. The molecule has 0 saturated carbocycles. The number of hydrogen-bond acceptors (Lipinski definition) is 4. The van der Waals surface area contributed by atoms with Crippen LogP contribution < -0.4 is 10.1 Å². The van der Waals surface area contributed by atoms with Crippen molar-refractivity contribution in [1.29, 1.82) is 0 Å². The zero-order valence-electron chi connectivity index (χ0n) is 12.7. The minimum atomic E-state index is 0.645. The van der Waals surface area contributed by atoms with Gasteiger partial charge in [-0.25, -0.2) is 4.98 Å². The molecule has 4 nitrogen and oxygen atoms in total. The zero-order valence-corrected chi connectivity index (χ0v) is 12.7. The minimum Gasteiger partial charge on any atom is -0.481 e. The molecule has 0 bridgehead atoms. The van der Waals surface area contributed by atoms with E-state index in [1.165, 1.54) is 11.1 Å². The Labute approximate surface area is 120 Å². The number of anilines is 2. The van der Waals surface area contributed by atoms with E-state index in [1.54, 1.807) is 7.11 Å². The fourth-order valence-electron chi connectivity index (χ4n) is 2.34. The maximum atomic E-state index is 5.35. The SMILES string of the molecule is CCc1c(Nc2cc(C)cc(C)c2)nc(C)nc1OC. The van der Waals surface area contributed by atoms with Crippen LogP contribution in [0, 0.1) is 20.8 Å². The van der Waals surface area contributed by atoms with Crippen LogP contribution in [0.3, 0.4) is 0 Å². The Morgan fingerprint density at radius 2 is 1.70 bits per heavy atom. The third-order valence-corrected chi connectivity index (χ3v) is 3.11. The van der Waals surface area contributed by atoms with Crippen LogP contribution in [-0.4, -0.2) is 17.1 Å². The molecule has 1 heterocycles. The van der Waals surface area contributed by atoms with Gasteiger partial charge in [0.2, 0.25) is 5.88 Å². The third kappa shape index (κ3) is 3.07. The van der Waals surface area contributed by atoms with E-state index in [2.05, 4.69) is 54.3 Å². The van der Waals surface area contributed by atoms with E-state index in [0.717, 1.165) is 23.5 Å². The second-order valence-electron chi connectivity index (χ2n) is 4.96. The molecule has 0 unspecified atom stereocenters. The summed E-state index contributed by atoms with van der Waals surface area (Å²) in [5, 5.41) is 3.39. The summed E-state index contributed by atoms with van der Waals surface area (Å²) >= 11 is 0. The Bertz CT molecular complexity index is 603. The van der Waals surface area contributed by atoms with Gasteiger partial charge < -0.3 is 10.1 Å². The smallest absolute Gasteiger partial charge is 0.221 e. The van der Waals surface area contributed by atoms with Crippen molar-refractivity contribution in [2.24, 2.45) is 0 Å². The Morgan fingerprint density at radius 3 is 2.25 bits per heavy atom. The Balaban J connectivity index is 2.44. The van der Waals surface area contributed by atoms with Crippen LogP contribution in [-0.2, 0) is 6.42 Å². The number of aromatic nitrogens is 2. The normalized spacial score (nSPS) is 10.4. The van der Waals surface area contributed by atoms with Crippen molar-refractivity contribution in [2.75, 3.05) is 12.4 Å². The molecule has 20 heavy (non-hydrogen) atoms. The van der Waals surface area contributed by atoms with Gasteiger partial charge in [-0.2, -0.15) is 4.98 Å². The summed E-state index contributed by atoms with van der Waals surface area (Å²) in [7, 11) is 1.64. The van der Waals surface area contributed by atoms with Crippen LogP contribution in [0.25, 0.3) is 0 Å². The average Bonchev–Trinajstić information content (AvgIpc) is 2.36. The van der Waals surface area contributed by atoms with Crippen molar-refractivity contribution in [2.45, 2.75) is 34.1 Å². The number of hydrogen-bond donors (Lipinski definition) is 1. The highest BCUT2D eigenvalue weighted by Gasteiger charge is 2.12. The van der Waals surface area contributed by atoms with E-state index in [4.69, 9.17) is 4.74 Å². The van der Waals surface area contributed by atoms with E-state index < -0.39 is 0 Å². The summed E-state index contributed by atoms with van der Waals surface area (Å²) in [6.07, 6.45) is 0.816. The molecule has 4 heteroatoms. The number of rotatable bonds is 4. The van der Waals surface area contributed by atoms with Gasteiger partial charge in [-0.05, 0) is 50.5 Å². The lowest BCUT2D eigenvalue weighted by molar-refractivity contribution is 0.391. The molecule has 0 saturated heterocycles. The molecule has 0 aliphatic rings. The van der Waals surface area contributed by atoms with Gasteiger partial charge >= 0.3 is 0 Å². The van der Waals surface area contributed by atoms with Crippen molar-refractivity contribution in [1.82, 2.24) is 9.97 Å². The topological polar surface area (TPSA) is 47.0 Å². The highest BCUT2D eigenvalue weighted by Crippen LogP contribution is 2.27. The van der Waals surface area contributed by atoms with Crippen molar-refractivity contribution in [3.8, 4) is 5.88 Å². The van der Waals surface area contributed by atoms with Gasteiger partial charge in [0.1, 0.15) is 11.6 Å². The van der Waals surface area contributed by atoms with Crippen molar-refractivity contribution < 1.29 is 4.74 Å². The van der Waals surface area contributed by atoms with Gasteiger partial charge in [-0.1, -0.05) is 13.0 Å². The van der Waals surface area contributed by atoms with Crippen molar-refractivity contribution in [3.63, 3.8) is 0 Å². The second-order valence-corrected chi connectivity index (χ2v) is 4.96. The van der Waals surface area contributed by atoms with Gasteiger partial charge in [0.15, 0.2) is 0 Å². The van der Waals surface area contributed by atoms with Crippen molar-refractivity contribution >= 4 is 11.5 Å². The first kappa shape index (κ1) is 14.3. The van der Waals surface area contributed by atoms with Crippen LogP contribution in [0.5, 0.6) is 5.88 Å². The quantitative estimate of drug-likeness (QED) is 0.920. The standard InChI is InChI=1S/C16H21N3O/c1-6-14-15(17-12(4)18-16(14)20-5)19-13-8-10(2)7-11(3)9-13/h7-9H,6H2,1-5H3,(H,17,18,19). The summed E-state index contributed by atoms with van der Waals surface area (Å²) in [5.41, 5.74) is 4.49. The summed E-state index contributed by atoms with van der Waals surface area (Å²) in [5.74, 6) is 2.17. The van der Waals surface area contributed by atoms with E-state index in [1.807, 2.05) is 6.92 Å². The molecule has 0 radical (unpaired) electrons. The fourth-order valence-corrected chi connectivity index (χ4v) is 2.34. The molecule has 1 N–H and O–H groups in total. The van der Waals surface area contributed by atoms with E-state index in [9.17, 15) is 0 Å². The molecule has 2 rings (SSSR count). The number of ether oxygens (including phenoxy) is 1. The van der Waals surface area contributed by atoms with Gasteiger partial charge in [-0.15, -0.1) is 0 Å². The molecule has 2 aromatic rings. The molecule has 0 aliphatic carbocycles. The average molecular weight is 271 g/mol. The summed E-state index contributed by atoms with van der Waals surface area (Å²) in [6.45, 7) is 8.12. The van der Waals surface area contributed by atoms with Crippen molar-refractivity contribution in [3.05, 3.63) is 40.7 Å². The first-order valence-corrected chi connectivity index (χ1v) is 6.80. The second kappa shape index (κ2) is 5.90. The molecular weight excluding hydrogens is 250 g/mol. The highest BCUT2D eigenvalue weighted by atomic mass is 16.5. The molecule has 0 amide bonds. The largest absolute Gasteiger partial charge is 0.481 e. The Morgan fingerprint density at radius 1 is 1.05 bits per heavy atom. The third-order valence-electron chi connectivity index (χ3n) is 3.11. The van der Waals surface area contributed by atoms with Crippen LogP contribution in [0.2, 0.25) is 0 Å². The van der Waals surface area contributed by atoms with E-state index in [0.29, 0.717) is 11.7 Å². The summed E-state index contributed by atoms with van der Waals surface area (Å²) < 4.78 is 5.35. The lowest BCUT2D eigenvalue weighted by atomic mass is 10.1. The lowest BCUT2D eigenvalue weighted by Crippen LogP contribution is -2.05. The first-order valence-electron chi connectivity index (χ1n) is 6.80. The Kier molecular flexibility index (Phi) is 4.23. The molecular formula is C16H21N3O. The number of aryl methyl sites for hydroxylation is 3. The van der Waals surface area contributed by atoms with Crippen LogP contribution in [0.4, 0.5) is 11.5 Å². The monoisotopic (exact) mass is 271 g/mol. The van der Waals surface area contributed by atoms with Crippen LogP contribution in [0.1, 0.15) is 29.4 Å². The molecule has 106 valence electrons. The molecule has 0 aliphatic heterocycles. The van der Waals surface area contributed by atoms with Gasteiger partial charge in [0.25, 0.3) is 0 Å². The maximum absolute atomic E-state index is 5.35. The van der Waals surface area contributed by atoms with Gasteiger partial charge in [-0.3, -0.25) is 0 Å². The Hall–Kier alpha value is -2.10. The van der Waals surface area contributed by atoms with Crippen LogP contribution >= 0.6 is 0 Å². The van der Waals surface area contributed by atoms with Crippen LogP contribution in [0.15, 0.2) is 18.2 Å². The number of methoxy groups -OCH3 is 1. The lowest BCUT2D eigenvalue weighted by Gasteiger charge is -2.14. The van der Waals surface area contributed by atoms with E-state index in [-0.39, 0.29) is 0 Å².